The van der Waals surface area contributed by atoms with Crippen LogP contribution in [-0.2, 0) is 0 Å². The second-order valence-electron chi connectivity index (χ2n) is 4.53. The SMILES string of the molecule is Cc1cc(Cl)cc(C)c1Oc1ccc(N)cc1C(=O)O. The van der Waals surface area contributed by atoms with Gasteiger partial charge in [0.2, 0.25) is 0 Å². The molecule has 0 aliphatic carbocycles. The van der Waals surface area contributed by atoms with Crippen LogP contribution in [0.1, 0.15) is 21.5 Å². The lowest BCUT2D eigenvalue weighted by atomic mass is 10.1. The lowest BCUT2D eigenvalue weighted by molar-refractivity contribution is 0.0694. The highest BCUT2D eigenvalue weighted by atomic mass is 35.5. The number of carboxylic acid groups (broad SMARTS) is 1. The maximum Gasteiger partial charge on any atom is 0.339 e. The lowest BCUT2D eigenvalue weighted by Gasteiger charge is -2.14. The van der Waals surface area contributed by atoms with Gasteiger partial charge in [0.15, 0.2) is 0 Å². The van der Waals surface area contributed by atoms with Crippen LogP contribution in [0.4, 0.5) is 5.69 Å². The van der Waals surface area contributed by atoms with E-state index >= 15 is 0 Å². The van der Waals surface area contributed by atoms with Crippen molar-refractivity contribution in [3.05, 3.63) is 52.0 Å². The van der Waals surface area contributed by atoms with Crippen LogP contribution in [0.2, 0.25) is 5.02 Å². The first-order valence-electron chi connectivity index (χ1n) is 5.96. The highest BCUT2D eigenvalue weighted by molar-refractivity contribution is 6.30. The Morgan fingerprint density at radius 1 is 1.20 bits per heavy atom. The number of benzene rings is 2. The summed E-state index contributed by atoms with van der Waals surface area (Å²) in [6.45, 7) is 3.71. The number of carboxylic acids is 1. The molecule has 0 radical (unpaired) electrons. The van der Waals surface area contributed by atoms with E-state index in [2.05, 4.69) is 0 Å². The summed E-state index contributed by atoms with van der Waals surface area (Å²) in [6.07, 6.45) is 0. The summed E-state index contributed by atoms with van der Waals surface area (Å²) in [5.41, 5.74) is 7.68. The Balaban J connectivity index is 2.48. The Morgan fingerprint density at radius 2 is 1.80 bits per heavy atom. The average Bonchev–Trinajstić information content (AvgIpc) is 2.34. The van der Waals surface area contributed by atoms with E-state index in [-0.39, 0.29) is 11.3 Å². The molecule has 2 rings (SSSR count). The monoisotopic (exact) mass is 291 g/mol. The molecule has 2 aromatic rings. The number of rotatable bonds is 3. The number of aromatic carboxylic acids is 1. The standard InChI is InChI=1S/C15H14ClNO3/c1-8-5-10(16)6-9(2)14(8)20-13-4-3-11(17)7-12(13)15(18)19/h3-7H,17H2,1-2H3,(H,18,19). The maximum atomic E-state index is 11.2. The molecule has 0 heterocycles. The Morgan fingerprint density at radius 3 is 2.35 bits per heavy atom. The molecule has 0 amide bonds. The van der Waals surface area contributed by atoms with E-state index in [0.717, 1.165) is 11.1 Å². The third kappa shape index (κ3) is 2.86. The number of halogens is 1. The van der Waals surface area contributed by atoms with Crippen LogP contribution >= 0.6 is 11.6 Å². The number of nitrogens with two attached hydrogens (primary N) is 1. The summed E-state index contributed by atoms with van der Waals surface area (Å²) in [4.78, 5) is 11.2. The van der Waals surface area contributed by atoms with E-state index in [9.17, 15) is 9.90 Å². The molecule has 3 N–H and O–H groups in total. The summed E-state index contributed by atoms with van der Waals surface area (Å²) in [6, 6.07) is 8.05. The van der Waals surface area contributed by atoms with Crippen LogP contribution in [-0.4, -0.2) is 11.1 Å². The Hall–Kier alpha value is -2.20. The van der Waals surface area contributed by atoms with Crippen LogP contribution in [0.15, 0.2) is 30.3 Å². The van der Waals surface area contributed by atoms with Gasteiger partial charge in [0, 0.05) is 10.7 Å². The van der Waals surface area contributed by atoms with Crippen molar-refractivity contribution >= 4 is 23.3 Å². The minimum absolute atomic E-state index is 0.0266. The fraction of sp³-hybridized carbons (Fsp3) is 0.133. The molecule has 5 heteroatoms. The van der Waals surface area contributed by atoms with Crippen molar-refractivity contribution in [2.45, 2.75) is 13.8 Å². The molecule has 4 nitrogen and oxygen atoms in total. The van der Waals surface area contributed by atoms with Gasteiger partial charge in [-0.25, -0.2) is 4.79 Å². The summed E-state index contributed by atoms with van der Waals surface area (Å²) in [5.74, 6) is -0.238. The molecule has 0 aliphatic rings. The Bertz CT molecular complexity index is 660. The minimum atomic E-state index is -1.09. The largest absolute Gasteiger partial charge is 0.478 e. The van der Waals surface area contributed by atoms with Crippen molar-refractivity contribution in [3.63, 3.8) is 0 Å². The third-order valence-electron chi connectivity index (χ3n) is 2.87. The predicted octanol–water partition coefficient (Wildman–Crippen LogP) is 4.03. The highest BCUT2D eigenvalue weighted by Gasteiger charge is 2.15. The number of carbonyl (C=O) groups is 1. The van der Waals surface area contributed by atoms with Gasteiger partial charge in [-0.1, -0.05) is 11.6 Å². The van der Waals surface area contributed by atoms with Crippen molar-refractivity contribution in [1.29, 1.82) is 0 Å². The Kier molecular flexibility index (Phi) is 3.86. The van der Waals surface area contributed by atoms with Gasteiger partial charge in [0.1, 0.15) is 17.1 Å². The molecule has 0 atom stereocenters. The third-order valence-corrected chi connectivity index (χ3v) is 3.09. The molecule has 0 bridgehead atoms. The molecule has 104 valence electrons. The van der Waals surface area contributed by atoms with Gasteiger partial charge in [-0.05, 0) is 55.3 Å². The van der Waals surface area contributed by atoms with E-state index in [1.54, 1.807) is 24.3 Å². The first-order chi connectivity index (χ1) is 9.38. The van der Waals surface area contributed by atoms with E-state index in [4.69, 9.17) is 22.1 Å². The van der Waals surface area contributed by atoms with Gasteiger partial charge >= 0.3 is 5.97 Å². The van der Waals surface area contributed by atoms with E-state index in [1.807, 2.05) is 13.8 Å². The number of hydrogen-bond donors (Lipinski definition) is 2. The van der Waals surface area contributed by atoms with Crippen molar-refractivity contribution in [2.75, 3.05) is 5.73 Å². The second kappa shape index (κ2) is 5.43. The molecule has 0 fully saturated rings. The zero-order chi connectivity index (χ0) is 14.9. The van der Waals surface area contributed by atoms with Crippen LogP contribution in [0.25, 0.3) is 0 Å². The molecule has 0 unspecified atom stereocenters. The van der Waals surface area contributed by atoms with Gasteiger partial charge in [0.05, 0.1) is 0 Å². The molecule has 0 saturated carbocycles. The zero-order valence-electron chi connectivity index (χ0n) is 11.1. The summed E-state index contributed by atoms with van der Waals surface area (Å²) in [7, 11) is 0. The quantitative estimate of drug-likeness (QED) is 0.837. The molecule has 0 aromatic heterocycles. The average molecular weight is 292 g/mol. The molecule has 0 saturated heterocycles. The summed E-state index contributed by atoms with van der Waals surface area (Å²) < 4.78 is 5.75. The first kappa shape index (κ1) is 14.2. The smallest absolute Gasteiger partial charge is 0.339 e. The van der Waals surface area contributed by atoms with Crippen LogP contribution in [0, 0.1) is 13.8 Å². The normalized spacial score (nSPS) is 10.3. The van der Waals surface area contributed by atoms with Crippen molar-refractivity contribution in [2.24, 2.45) is 0 Å². The van der Waals surface area contributed by atoms with Crippen molar-refractivity contribution < 1.29 is 14.6 Å². The first-order valence-corrected chi connectivity index (χ1v) is 6.33. The Labute approximate surface area is 121 Å². The molecule has 2 aromatic carbocycles. The molecular formula is C15H14ClNO3. The van der Waals surface area contributed by atoms with Gasteiger partial charge in [0.25, 0.3) is 0 Å². The molecule has 0 spiro atoms. The van der Waals surface area contributed by atoms with Gasteiger partial charge in [-0.15, -0.1) is 0 Å². The van der Waals surface area contributed by atoms with Crippen LogP contribution in [0.5, 0.6) is 11.5 Å². The highest BCUT2D eigenvalue weighted by Crippen LogP contribution is 2.33. The second-order valence-corrected chi connectivity index (χ2v) is 4.97. The number of aryl methyl sites for hydroxylation is 2. The number of hydrogen-bond acceptors (Lipinski definition) is 3. The van der Waals surface area contributed by atoms with Gasteiger partial charge < -0.3 is 15.6 Å². The maximum absolute atomic E-state index is 11.2. The summed E-state index contributed by atoms with van der Waals surface area (Å²) >= 11 is 5.96. The van der Waals surface area contributed by atoms with Gasteiger partial charge in [-0.2, -0.15) is 0 Å². The number of anilines is 1. The molecule has 20 heavy (non-hydrogen) atoms. The van der Waals surface area contributed by atoms with Crippen molar-refractivity contribution in [1.82, 2.24) is 0 Å². The topological polar surface area (TPSA) is 72.5 Å². The van der Waals surface area contributed by atoms with E-state index in [0.29, 0.717) is 16.5 Å². The lowest BCUT2D eigenvalue weighted by Crippen LogP contribution is -2.02. The van der Waals surface area contributed by atoms with Gasteiger partial charge in [-0.3, -0.25) is 0 Å². The zero-order valence-corrected chi connectivity index (χ0v) is 11.9. The fourth-order valence-corrected chi connectivity index (χ4v) is 2.30. The molecule has 0 aliphatic heterocycles. The molecular weight excluding hydrogens is 278 g/mol. The van der Waals surface area contributed by atoms with Crippen LogP contribution < -0.4 is 10.5 Å². The van der Waals surface area contributed by atoms with Crippen molar-refractivity contribution in [3.8, 4) is 11.5 Å². The van der Waals surface area contributed by atoms with Crippen LogP contribution in [0.3, 0.4) is 0 Å². The summed E-state index contributed by atoms with van der Waals surface area (Å²) in [5, 5.41) is 9.81. The van der Waals surface area contributed by atoms with E-state index in [1.165, 1.54) is 6.07 Å². The number of nitrogen functional groups attached to an aromatic ring is 1. The predicted molar refractivity (Wildman–Crippen MR) is 78.8 cm³/mol. The van der Waals surface area contributed by atoms with E-state index < -0.39 is 5.97 Å². The minimum Gasteiger partial charge on any atom is -0.478 e. The number of ether oxygens (including phenoxy) is 1. The fourth-order valence-electron chi connectivity index (χ4n) is 1.97.